The quantitative estimate of drug-likeness (QED) is 0.598. The Morgan fingerprint density at radius 1 is 1.23 bits per heavy atom. The molecule has 2 aromatic rings. The van der Waals surface area contributed by atoms with Gasteiger partial charge in [0.15, 0.2) is 0 Å². The van der Waals surface area contributed by atoms with Gasteiger partial charge in [-0.2, -0.15) is 0 Å². The molecule has 4 nitrogen and oxygen atoms in total. The second kappa shape index (κ2) is 3.28. The first-order chi connectivity index (χ1) is 5.77. The topological polar surface area (TPSA) is 91.2 Å². The summed E-state index contributed by atoms with van der Waals surface area (Å²) in [5.41, 5.74) is 5.61. The molecule has 0 saturated heterocycles. The third kappa shape index (κ3) is 1.52. The second-order valence-corrected chi connectivity index (χ2v) is 2.53. The Kier molecular flexibility index (Phi) is 2.34. The van der Waals surface area contributed by atoms with E-state index in [2.05, 4.69) is 0 Å². The van der Waals surface area contributed by atoms with Crippen LogP contribution < -0.4 is 17.5 Å². The zero-order valence-electron chi connectivity index (χ0n) is 6.99. The third-order valence-corrected chi connectivity index (χ3v) is 1.67. The van der Waals surface area contributed by atoms with Gasteiger partial charge in [0.2, 0.25) is 0 Å². The molecule has 68 valence electrons. The van der Waals surface area contributed by atoms with Crippen molar-refractivity contribution in [2.24, 2.45) is 0 Å². The van der Waals surface area contributed by atoms with Crippen LogP contribution in [0, 0.1) is 0 Å². The molecule has 0 saturated carbocycles. The van der Waals surface area contributed by atoms with Crippen molar-refractivity contribution >= 4 is 16.7 Å². The fourth-order valence-electron chi connectivity index (χ4n) is 1.08. The fourth-order valence-corrected chi connectivity index (χ4v) is 1.08. The van der Waals surface area contributed by atoms with E-state index in [0.717, 1.165) is 5.39 Å². The number of nitrogen functional groups attached to an aromatic ring is 1. The molecule has 4 heteroatoms. The highest BCUT2D eigenvalue weighted by Gasteiger charge is 1.98. The lowest BCUT2D eigenvalue weighted by atomic mass is 10.2. The lowest BCUT2D eigenvalue weighted by Crippen LogP contribution is -2.05. The Bertz CT molecular complexity index is 476. The van der Waals surface area contributed by atoms with Crippen LogP contribution in [0.15, 0.2) is 39.5 Å². The summed E-state index contributed by atoms with van der Waals surface area (Å²) < 4.78 is 4.91. The standard InChI is InChI=1S/C9H7NO2.H3N/c10-7-5-6-3-1-2-4-8(6)12-9(7)11;/h1-5H,10H2;1H3. The summed E-state index contributed by atoms with van der Waals surface area (Å²) in [6.07, 6.45) is 0. The average molecular weight is 178 g/mol. The number of para-hydroxylation sites is 1. The predicted molar refractivity (Wildman–Crippen MR) is 51.9 cm³/mol. The summed E-state index contributed by atoms with van der Waals surface area (Å²) in [5.74, 6) is 0. The van der Waals surface area contributed by atoms with Gasteiger partial charge in [0, 0.05) is 5.39 Å². The molecule has 0 radical (unpaired) electrons. The smallest absolute Gasteiger partial charge is 0.359 e. The van der Waals surface area contributed by atoms with Crippen LogP contribution in [0.25, 0.3) is 11.0 Å². The number of fused-ring (bicyclic) bond motifs is 1. The van der Waals surface area contributed by atoms with Crippen LogP contribution in [0.3, 0.4) is 0 Å². The summed E-state index contributed by atoms with van der Waals surface area (Å²) >= 11 is 0. The summed E-state index contributed by atoms with van der Waals surface area (Å²) in [6.45, 7) is 0. The molecule has 0 aliphatic carbocycles. The molecule has 0 fully saturated rings. The molecule has 0 aliphatic rings. The normalized spacial score (nSPS) is 9.54. The molecule has 0 unspecified atom stereocenters. The van der Waals surface area contributed by atoms with E-state index in [-0.39, 0.29) is 11.8 Å². The van der Waals surface area contributed by atoms with Crippen molar-refractivity contribution in [1.82, 2.24) is 6.15 Å². The summed E-state index contributed by atoms with van der Waals surface area (Å²) in [4.78, 5) is 10.9. The first-order valence-electron chi connectivity index (χ1n) is 3.56. The van der Waals surface area contributed by atoms with E-state index < -0.39 is 5.63 Å². The molecule has 1 aromatic carbocycles. The number of rotatable bonds is 0. The lowest BCUT2D eigenvalue weighted by Gasteiger charge is -1.95. The predicted octanol–water partition coefficient (Wildman–Crippen LogP) is 1.54. The second-order valence-electron chi connectivity index (χ2n) is 2.53. The van der Waals surface area contributed by atoms with Crippen LogP contribution in [0.2, 0.25) is 0 Å². The van der Waals surface area contributed by atoms with Crippen molar-refractivity contribution in [3.8, 4) is 0 Å². The Labute approximate surface area is 74.6 Å². The molecule has 0 amide bonds. The van der Waals surface area contributed by atoms with E-state index in [1.54, 1.807) is 12.1 Å². The van der Waals surface area contributed by atoms with Crippen molar-refractivity contribution in [2.45, 2.75) is 0 Å². The van der Waals surface area contributed by atoms with Gasteiger partial charge in [-0.3, -0.25) is 0 Å². The SMILES string of the molecule is N.Nc1cc2ccccc2oc1=O. The minimum absolute atomic E-state index is 0. The van der Waals surface area contributed by atoms with E-state index >= 15 is 0 Å². The zero-order valence-corrected chi connectivity index (χ0v) is 6.99. The number of nitrogens with two attached hydrogens (primary N) is 1. The van der Waals surface area contributed by atoms with Gasteiger partial charge in [-0.15, -0.1) is 0 Å². The Balaban J connectivity index is 0.000000845. The minimum Gasteiger partial charge on any atom is -0.421 e. The van der Waals surface area contributed by atoms with Gasteiger partial charge < -0.3 is 16.3 Å². The lowest BCUT2D eigenvalue weighted by molar-refractivity contribution is 0.564. The highest BCUT2D eigenvalue weighted by atomic mass is 16.4. The molecule has 1 aromatic heterocycles. The Morgan fingerprint density at radius 2 is 1.92 bits per heavy atom. The highest BCUT2D eigenvalue weighted by Crippen LogP contribution is 2.12. The van der Waals surface area contributed by atoms with Crippen LogP contribution in [-0.2, 0) is 0 Å². The molecule has 0 spiro atoms. The van der Waals surface area contributed by atoms with Crippen molar-refractivity contribution in [3.63, 3.8) is 0 Å². The highest BCUT2D eigenvalue weighted by molar-refractivity contribution is 5.78. The van der Waals surface area contributed by atoms with Crippen LogP contribution in [0.4, 0.5) is 5.69 Å². The molecule has 0 aliphatic heterocycles. The number of hydrogen-bond acceptors (Lipinski definition) is 4. The van der Waals surface area contributed by atoms with E-state index in [1.807, 2.05) is 18.2 Å². The first kappa shape index (κ1) is 9.28. The number of hydrogen-bond donors (Lipinski definition) is 2. The van der Waals surface area contributed by atoms with Gasteiger partial charge in [0.25, 0.3) is 0 Å². The molecular weight excluding hydrogens is 168 g/mol. The van der Waals surface area contributed by atoms with Gasteiger partial charge in [-0.25, -0.2) is 4.79 Å². The van der Waals surface area contributed by atoms with Gasteiger partial charge >= 0.3 is 5.63 Å². The molecule has 0 bridgehead atoms. The van der Waals surface area contributed by atoms with Gasteiger partial charge in [-0.1, -0.05) is 18.2 Å². The number of benzene rings is 1. The van der Waals surface area contributed by atoms with Crippen molar-refractivity contribution in [3.05, 3.63) is 40.8 Å². The van der Waals surface area contributed by atoms with Gasteiger partial charge in [0.1, 0.15) is 11.3 Å². The van der Waals surface area contributed by atoms with Gasteiger partial charge in [-0.05, 0) is 12.1 Å². The van der Waals surface area contributed by atoms with E-state index in [1.165, 1.54) is 0 Å². The minimum atomic E-state index is -0.478. The summed E-state index contributed by atoms with van der Waals surface area (Å²) in [5, 5.41) is 0.842. The molecule has 0 atom stereocenters. The molecular formula is C9H10N2O2. The Morgan fingerprint density at radius 3 is 2.69 bits per heavy atom. The molecule has 2 rings (SSSR count). The third-order valence-electron chi connectivity index (χ3n) is 1.67. The largest absolute Gasteiger partial charge is 0.421 e. The Hall–Kier alpha value is -1.81. The van der Waals surface area contributed by atoms with Crippen LogP contribution in [0.5, 0.6) is 0 Å². The van der Waals surface area contributed by atoms with Crippen LogP contribution in [-0.4, -0.2) is 0 Å². The summed E-state index contributed by atoms with van der Waals surface area (Å²) in [7, 11) is 0. The fraction of sp³-hybridized carbons (Fsp3) is 0. The molecule has 13 heavy (non-hydrogen) atoms. The monoisotopic (exact) mass is 178 g/mol. The number of anilines is 1. The van der Waals surface area contributed by atoms with Gasteiger partial charge in [0.05, 0.1) is 0 Å². The maximum absolute atomic E-state index is 10.9. The average Bonchev–Trinajstić information content (AvgIpc) is 2.07. The van der Waals surface area contributed by atoms with Crippen molar-refractivity contribution in [1.29, 1.82) is 0 Å². The van der Waals surface area contributed by atoms with E-state index in [0.29, 0.717) is 5.58 Å². The molecule has 1 heterocycles. The van der Waals surface area contributed by atoms with Crippen molar-refractivity contribution in [2.75, 3.05) is 5.73 Å². The van der Waals surface area contributed by atoms with Crippen LogP contribution in [0.1, 0.15) is 0 Å². The van der Waals surface area contributed by atoms with E-state index in [9.17, 15) is 4.79 Å². The maximum atomic E-state index is 10.9. The molecule has 5 N–H and O–H groups in total. The first-order valence-corrected chi connectivity index (χ1v) is 3.56. The summed E-state index contributed by atoms with van der Waals surface area (Å²) in [6, 6.07) is 8.86. The van der Waals surface area contributed by atoms with Crippen LogP contribution >= 0.6 is 0 Å². The zero-order chi connectivity index (χ0) is 8.55. The maximum Gasteiger partial charge on any atom is 0.359 e. The van der Waals surface area contributed by atoms with E-state index in [4.69, 9.17) is 10.2 Å². The van der Waals surface area contributed by atoms with Crippen molar-refractivity contribution < 1.29 is 4.42 Å².